The first-order chi connectivity index (χ1) is 7.16. The third-order valence-electron chi connectivity index (χ3n) is 3.10. The summed E-state index contributed by atoms with van der Waals surface area (Å²) in [5.41, 5.74) is 10.1. The van der Waals surface area contributed by atoms with Crippen LogP contribution in [0.3, 0.4) is 0 Å². The molecular formula is C13H19NO. The number of nitrogens with two attached hydrogens (primary N) is 1. The van der Waals surface area contributed by atoms with Crippen molar-refractivity contribution in [1.29, 1.82) is 0 Å². The van der Waals surface area contributed by atoms with Gasteiger partial charge >= 0.3 is 0 Å². The molecule has 1 aromatic rings. The van der Waals surface area contributed by atoms with Crippen LogP contribution in [0.25, 0.3) is 0 Å². The highest BCUT2D eigenvalue weighted by Crippen LogP contribution is 2.27. The van der Waals surface area contributed by atoms with Crippen molar-refractivity contribution in [3.05, 3.63) is 34.9 Å². The lowest BCUT2D eigenvalue weighted by atomic mass is 9.91. The molecule has 0 aliphatic carbocycles. The van der Waals surface area contributed by atoms with Crippen molar-refractivity contribution in [2.45, 2.75) is 26.3 Å². The average Bonchev–Trinajstić information content (AvgIpc) is 2.67. The smallest absolute Gasteiger partial charge is 0.0513 e. The van der Waals surface area contributed by atoms with Gasteiger partial charge in [-0.1, -0.05) is 29.3 Å². The van der Waals surface area contributed by atoms with Gasteiger partial charge in [-0.2, -0.15) is 0 Å². The lowest BCUT2D eigenvalue weighted by Gasteiger charge is -2.19. The monoisotopic (exact) mass is 205 g/mol. The van der Waals surface area contributed by atoms with Crippen LogP contribution in [0.5, 0.6) is 0 Å². The largest absolute Gasteiger partial charge is 0.381 e. The van der Waals surface area contributed by atoms with Crippen LogP contribution in [0.1, 0.15) is 29.2 Å². The van der Waals surface area contributed by atoms with E-state index >= 15 is 0 Å². The van der Waals surface area contributed by atoms with E-state index < -0.39 is 0 Å². The maximum atomic E-state index is 6.26. The second-order valence-corrected chi connectivity index (χ2v) is 4.57. The highest BCUT2D eigenvalue weighted by atomic mass is 16.5. The Hall–Kier alpha value is -0.860. The maximum Gasteiger partial charge on any atom is 0.0513 e. The minimum absolute atomic E-state index is 0.131. The summed E-state index contributed by atoms with van der Waals surface area (Å²) in [5, 5.41) is 0. The van der Waals surface area contributed by atoms with Gasteiger partial charge in [0.15, 0.2) is 0 Å². The van der Waals surface area contributed by atoms with Gasteiger partial charge in [-0.25, -0.2) is 0 Å². The van der Waals surface area contributed by atoms with Crippen molar-refractivity contribution < 1.29 is 4.74 Å². The summed E-state index contributed by atoms with van der Waals surface area (Å²) in [6, 6.07) is 6.69. The van der Waals surface area contributed by atoms with Gasteiger partial charge < -0.3 is 10.5 Å². The van der Waals surface area contributed by atoms with Gasteiger partial charge in [0, 0.05) is 18.6 Å². The number of ether oxygens (including phenoxy) is 1. The molecule has 0 saturated carbocycles. The molecule has 1 aromatic carbocycles. The van der Waals surface area contributed by atoms with Crippen LogP contribution in [0.4, 0.5) is 0 Å². The molecule has 2 atom stereocenters. The molecule has 0 aromatic heterocycles. The zero-order chi connectivity index (χ0) is 10.8. The molecule has 2 heteroatoms. The lowest BCUT2D eigenvalue weighted by Crippen LogP contribution is -2.21. The summed E-state index contributed by atoms with van der Waals surface area (Å²) < 4.78 is 5.38. The van der Waals surface area contributed by atoms with E-state index in [1.165, 1.54) is 16.7 Å². The molecule has 1 fully saturated rings. The molecule has 2 nitrogen and oxygen atoms in total. The molecule has 82 valence electrons. The first-order valence-corrected chi connectivity index (χ1v) is 5.58. The van der Waals surface area contributed by atoms with E-state index in [2.05, 4.69) is 32.0 Å². The number of aryl methyl sites for hydroxylation is 2. The van der Waals surface area contributed by atoms with Crippen molar-refractivity contribution in [3.63, 3.8) is 0 Å². The third kappa shape index (κ3) is 2.39. The topological polar surface area (TPSA) is 35.2 Å². The Labute approximate surface area is 91.4 Å². The maximum absolute atomic E-state index is 6.26. The predicted molar refractivity (Wildman–Crippen MR) is 61.8 cm³/mol. The number of rotatable bonds is 2. The Morgan fingerprint density at radius 1 is 1.27 bits per heavy atom. The van der Waals surface area contributed by atoms with Crippen molar-refractivity contribution in [1.82, 2.24) is 0 Å². The number of hydrogen-bond acceptors (Lipinski definition) is 2. The number of benzene rings is 1. The fraction of sp³-hybridized carbons (Fsp3) is 0.538. The summed E-state index contributed by atoms with van der Waals surface area (Å²) in [7, 11) is 0. The quantitative estimate of drug-likeness (QED) is 0.804. The minimum atomic E-state index is 0.131. The van der Waals surface area contributed by atoms with Gasteiger partial charge in [-0.05, 0) is 25.8 Å². The van der Waals surface area contributed by atoms with Gasteiger partial charge in [0.1, 0.15) is 0 Å². The van der Waals surface area contributed by atoms with Crippen molar-refractivity contribution >= 4 is 0 Å². The summed E-state index contributed by atoms with van der Waals surface area (Å²) in [6.07, 6.45) is 1.09. The van der Waals surface area contributed by atoms with Gasteiger partial charge in [-0.15, -0.1) is 0 Å². The SMILES string of the molecule is Cc1cc(C)cc(C(N)C2CCOC2)c1. The van der Waals surface area contributed by atoms with Crippen molar-refractivity contribution in [2.75, 3.05) is 13.2 Å². The van der Waals surface area contributed by atoms with E-state index in [1.807, 2.05) is 0 Å². The van der Waals surface area contributed by atoms with Crippen LogP contribution in [0, 0.1) is 19.8 Å². The van der Waals surface area contributed by atoms with Gasteiger partial charge in [0.05, 0.1) is 6.61 Å². The fourth-order valence-electron chi connectivity index (χ4n) is 2.31. The molecule has 1 saturated heterocycles. The molecule has 2 N–H and O–H groups in total. The molecule has 0 radical (unpaired) electrons. The zero-order valence-electron chi connectivity index (χ0n) is 9.49. The second-order valence-electron chi connectivity index (χ2n) is 4.57. The average molecular weight is 205 g/mol. The molecule has 1 heterocycles. The van der Waals surface area contributed by atoms with E-state index in [1.54, 1.807) is 0 Å². The van der Waals surface area contributed by atoms with Gasteiger partial charge in [-0.3, -0.25) is 0 Å². The zero-order valence-corrected chi connectivity index (χ0v) is 9.49. The Morgan fingerprint density at radius 2 is 1.93 bits per heavy atom. The highest BCUT2D eigenvalue weighted by molar-refractivity contribution is 5.30. The van der Waals surface area contributed by atoms with Crippen LogP contribution < -0.4 is 5.73 Å². The van der Waals surface area contributed by atoms with E-state index in [0.29, 0.717) is 5.92 Å². The molecule has 1 aliphatic heterocycles. The fourth-order valence-corrected chi connectivity index (χ4v) is 2.31. The van der Waals surface area contributed by atoms with Crippen LogP contribution in [0.15, 0.2) is 18.2 Å². The Bertz CT molecular complexity index is 322. The molecule has 0 amide bonds. The molecule has 1 aliphatic rings. The van der Waals surface area contributed by atoms with Crippen molar-refractivity contribution in [3.8, 4) is 0 Å². The van der Waals surface area contributed by atoms with E-state index in [9.17, 15) is 0 Å². The van der Waals surface area contributed by atoms with E-state index in [-0.39, 0.29) is 6.04 Å². The standard InChI is InChI=1S/C13H19NO/c1-9-5-10(2)7-12(6-9)13(14)11-3-4-15-8-11/h5-7,11,13H,3-4,8,14H2,1-2H3. The normalized spacial score (nSPS) is 23.0. The Balaban J connectivity index is 2.20. The highest BCUT2D eigenvalue weighted by Gasteiger charge is 2.24. The van der Waals surface area contributed by atoms with Crippen LogP contribution in [-0.2, 0) is 4.74 Å². The lowest BCUT2D eigenvalue weighted by molar-refractivity contribution is 0.181. The van der Waals surface area contributed by atoms with Crippen LogP contribution in [0.2, 0.25) is 0 Å². The summed E-state index contributed by atoms with van der Waals surface area (Å²) in [6.45, 7) is 5.92. The van der Waals surface area contributed by atoms with E-state index in [0.717, 1.165) is 19.6 Å². The number of hydrogen-bond donors (Lipinski definition) is 1. The van der Waals surface area contributed by atoms with Crippen LogP contribution in [-0.4, -0.2) is 13.2 Å². The second kappa shape index (κ2) is 4.33. The van der Waals surface area contributed by atoms with Crippen LogP contribution >= 0.6 is 0 Å². The molecule has 15 heavy (non-hydrogen) atoms. The summed E-state index contributed by atoms with van der Waals surface area (Å²) in [5.74, 6) is 0.492. The molecule has 2 unspecified atom stereocenters. The Morgan fingerprint density at radius 3 is 2.47 bits per heavy atom. The molecule has 0 bridgehead atoms. The predicted octanol–water partition coefficient (Wildman–Crippen LogP) is 2.34. The van der Waals surface area contributed by atoms with Crippen molar-refractivity contribution in [2.24, 2.45) is 11.7 Å². The first-order valence-electron chi connectivity index (χ1n) is 5.58. The molecule has 0 spiro atoms. The molecular weight excluding hydrogens is 186 g/mol. The Kier molecular flexibility index (Phi) is 3.08. The summed E-state index contributed by atoms with van der Waals surface area (Å²) in [4.78, 5) is 0. The van der Waals surface area contributed by atoms with E-state index in [4.69, 9.17) is 10.5 Å². The third-order valence-corrected chi connectivity index (χ3v) is 3.10. The molecule has 2 rings (SSSR count). The minimum Gasteiger partial charge on any atom is -0.381 e. The summed E-state index contributed by atoms with van der Waals surface area (Å²) >= 11 is 0. The first kappa shape index (κ1) is 10.7. The van der Waals surface area contributed by atoms with Gasteiger partial charge in [0.25, 0.3) is 0 Å². The van der Waals surface area contributed by atoms with Gasteiger partial charge in [0.2, 0.25) is 0 Å².